The highest BCUT2D eigenvalue weighted by Crippen LogP contribution is 2.19. The van der Waals surface area contributed by atoms with Gasteiger partial charge in [0, 0.05) is 41.3 Å². The van der Waals surface area contributed by atoms with E-state index in [-0.39, 0.29) is 5.56 Å². The molecule has 0 amide bonds. The van der Waals surface area contributed by atoms with Gasteiger partial charge in [-0.15, -0.1) is 0 Å². The van der Waals surface area contributed by atoms with Crippen molar-refractivity contribution < 1.29 is 4.74 Å². The van der Waals surface area contributed by atoms with Gasteiger partial charge in [-0.2, -0.15) is 0 Å². The lowest BCUT2D eigenvalue weighted by Gasteiger charge is -2.12. The number of aromatic amines is 1. The molecule has 0 atom stereocenters. The predicted octanol–water partition coefficient (Wildman–Crippen LogP) is 4.03. The molecule has 1 aromatic carbocycles. The van der Waals surface area contributed by atoms with Crippen molar-refractivity contribution in [1.29, 1.82) is 0 Å². The Labute approximate surface area is 180 Å². The molecule has 0 fully saturated rings. The Bertz CT molecular complexity index is 1220. The van der Waals surface area contributed by atoms with Crippen molar-refractivity contribution >= 4 is 5.82 Å². The van der Waals surface area contributed by atoms with Crippen LogP contribution < -0.4 is 15.6 Å². The third-order valence-electron chi connectivity index (χ3n) is 4.96. The van der Waals surface area contributed by atoms with Crippen LogP contribution in [0, 0.1) is 13.8 Å². The zero-order valence-electron chi connectivity index (χ0n) is 17.4. The van der Waals surface area contributed by atoms with Gasteiger partial charge in [-0.3, -0.25) is 4.79 Å². The zero-order valence-corrected chi connectivity index (χ0v) is 17.4. The number of hydrogen-bond acceptors (Lipinski definition) is 6. The third kappa shape index (κ3) is 4.95. The Balaban J connectivity index is 1.42. The van der Waals surface area contributed by atoms with Gasteiger partial charge in [0.1, 0.15) is 18.2 Å². The molecule has 0 spiro atoms. The lowest BCUT2D eigenvalue weighted by atomic mass is 10.2. The monoisotopic (exact) mass is 413 g/mol. The number of ether oxygens (including phenoxy) is 1. The minimum absolute atomic E-state index is 0.135. The fourth-order valence-electron chi connectivity index (χ4n) is 3.02. The summed E-state index contributed by atoms with van der Waals surface area (Å²) < 4.78 is 5.91. The first-order valence-electron chi connectivity index (χ1n) is 9.98. The Kier molecular flexibility index (Phi) is 6.03. The SMILES string of the molecule is Cc1nc(-c2ccc(NCc3cccnc3OCc3ccccc3)nc2)[nH]c(=O)c1C. The van der Waals surface area contributed by atoms with Crippen molar-refractivity contribution in [2.75, 3.05) is 5.32 Å². The van der Waals surface area contributed by atoms with Crippen LogP contribution in [0.5, 0.6) is 5.88 Å². The number of pyridine rings is 2. The van der Waals surface area contributed by atoms with Gasteiger partial charge in [0.2, 0.25) is 5.88 Å². The number of nitrogens with zero attached hydrogens (tertiary/aromatic N) is 3. The van der Waals surface area contributed by atoms with E-state index in [1.807, 2.05) is 61.5 Å². The third-order valence-corrected chi connectivity index (χ3v) is 4.96. The van der Waals surface area contributed by atoms with Gasteiger partial charge < -0.3 is 15.0 Å². The fourth-order valence-corrected chi connectivity index (χ4v) is 3.02. The number of aromatic nitrogens is 4. The van der Waals surface area contributed by atoms with E-state index >= 15 is 0 Å². The molecule has 0 saturated carbocycles. The molecular formula is C24H23N5O2. The standard InChI is InChI=1S/C24H23N5O2/c1-16-17(2)28-22(29-23(16)30)19-10-11-21(26-13-19)27-14-20-9-6-12-25-24(20)31-15-18-7-4-3-5-8-18/h3-13H,14-15H2,1-2H3,(H,26,27)(H,28,29,30). The van der Waals surface area contributed by atoms with E-state index in [0.717, 1.165) is 16.7 Å². The Morgan fingerprint density at radius 3 is 2.58 bits per heavy atom. The number of H-pyrrole nitrogens is 1. The van der Waals surface area contributed by atoms with Gasteiger partial charge in [0.25, 0.3) is 5.56 Å². The van der Waals surface area contributed by atoms with Crippen LogP contribution in [0.4, 0.5) is 5.82 Å². The minimum atomic E-state index is -0.135. The van der Waals surface area contributed by atoms with Gasteiger partial charge in [-0.05, 0) is 37.6 Å². The Morgan fingerprint density at radius 2 is 1.84 bits per heavy atom. The molecule has 3 heterocycles. The van der Waals surface area contributed by atoms with E-state index in [9.17, 15) is 4.79 Å². The van der Waals surface area contributed by atoms with Crippen LogP contribution in [0.15, 0.2) is 71.8 Å². The second-order valence-electron chi connectivity index (χ2n) is 7.15. The predicted molar refractivity (Wildman–Crippen MR) is 120 cm³/mol. The second-order valence-corrected chi connectivity index (χ2v) is 7.15. The summed E-state index contributed by atoms with van der Waals surface area (Å²) in [6.07, 6.45) is 3.40. The van der Waals surface area contributed by atoms with Gasteiger partial charge in [-0.25, -0.2) is 15.0 Å². The number of nitrogens with one attached hydrogen (secondary N) is 2. The summed E-state index contributed by atoms with van der Waals surface area (Å²) in [6.45, 7) is 4.55. The number of anilines is 1. The van der Waals surface area contributed by atoms with E-state index in [4.69, 9.17) is 4.74 Å². The van der Waals surface area contributed by atoms with E-state index in [1.165, 1.54) is 0 Å². The minimum Gasteiger partial charge on any atom is -0.473 e. The summed E-state index contributed by atoms with van der Waals surface area (Å²) in [5.74, 6) is 1.80. The number of rotatable bonds is 7. The molecule has 4 rings (SSSR count). The Hall–Kier alpha value is -4.00. The first-order chi connectivity index (χ1) is 15.1. The lowest BCUT2D eigenvalue weighted by molar-refractivity contribution is 0.291. The highest BCUT2D eigenvalue weighted by molar-refractivity contribution is 5.56. The van der Waals surface area contributed by atoms with Gasteiger partial charge in [0.05, 0.1) is 0 Å². The van der Waals surface area contributed by atoms with Crippen LogP contribution in [-0.2, 0) is 13.2 Å². The molecule has 0 aliphatic rings. The molecule has 4 aromatic rings. The van der Waals surface area contributed by atoms with Crippen molar-refractivity contribution in [3.05, 3.63) is 99.7 Å². The highest BCUT2D eigenvalue weighted by atomic mass is 16.5. The Morgan fingerprint density at radius 1 is 1.00 bits per heavy atom. The lowest BCUT2D eigenvalue weighted by Crippen LogP contribution is -2.14. The molecule has 0 aliphatic carbocycles. The van der Waals surface area contributed by atoms with Crippen LogP contribution in [0.3, 0.4) is 0 Å². The zero-order chi connectivity index (χ0) is 21.6. The smallest absolute Gasteiger partial charge is 0.254 e. The summed E-state index contributed by atoms with van der Waals surface area (Å²) in [6, 6.07) is 17.6. The number of benzene rings is 1. The van der Waals surface area contributed by atoms with Crippen LogP contribution in [-0.4, -0.2) is 19.9 Å². The van der Waals surface area contributed by atoms with Crippen molar-refractivity contribution in [1.82, 2.24) is 19.9 Å². The molecular weight excluding hydrogens is 390 g/mol. The van der Waals surface area contributed by atoms with Crippen LogP contribution >= 0.6 is 0 Å². The fraction of sp³-hybridized carbons (Fsp3) is 0.167. The molecule has 7 nitrogen and oxygen atoms in total. The molecule has 0 bridgehead atoms. The number of hydrogen-bond donors (Lipinski definition) is 2. The summed E-state index contributed by atoms with van der Waals surface area (Å²) in [5.41, 5.74) is 3.97. The largest absolute Gasteiger partial charge is 0.473 e. The summed E-state index contributed by atoms with van der Waals surface area (Å²) in [4.78, 5) is 28.0. The summed E-state index contributed by atoms with van der Waals surface area (Å²) >= 11 is 0. The molecule has 2 N–H and O–H groups in total. The van der Waals surface area contributed by atoms with E-state index in [1.54, 1.807) is 19.3 Å². The van der Waals surface area contributed by atoms with E-state index < -0.39 is 0 Å². The molecule has 0 radical (unpaired) electrons. The first-order valence-corrected chi connectivity index (χ1v) is 9.98. The van der Waals surface area contributed by atoms with Crippen LogP contribution in [0.2, 0.25) is 0 Å². The van der Waals surface area contributed by atoms with E-state index in [2.05, 4.69) is 25.3 Å². The van der Waals surface area contributed by atoms with Crippen molar-refractivity contribution in [3.8, 4) is 17.3 Å². The average Bonchev–Trinajstić information content (AvgIpc) is 2.81. The normalized spacial score (nSPS) is 10.6. The van der Waals surface area contributed by atoms with Crippen LogP contribution in [0.1, 0.15) is 22.4 Å². The second kappa shape index (κ2) is 9.21. The van der Waals surface area contributed by atoms with Crippen molar-refractivity contribution in [3.63, 3.8) is 0 Å². The average molecular weight is 413 g/mol. The van der Waals surface area contributed by atoms with Crippen LogP contribution in [0.25, 0.3) is 11.4 Å². The quantitative estimate of drug-likeness (QED) is 0.475. The maximum atomic E-state index is 12.0. The molecule has 0 saturated heterocycles. The van der Waals surface area contributed by atoms with Crippen molar-refractivity contribution in [2.45, 2.75) is 27.0 Å². The topological polar surface area (TPSA) is 92.8 Å². The molecule has 0 aliphatic heterocycles. The molecule has 156 valence electrons. The molecule has 31 heavy (non-hydrogen) atoms. The highest BCUT2D eigenvalue weighted by Gasteiger charge is 2.08. The maximum absolute atomic E-state index is 12.0. The molecule has 3 aromatic heterocycles. The van der Waals surface area contributed by atoms with Gasteiger partial charge >= 0.3 is 0 Å². The summed E-state index contributed by atoms with van der Waals surface area (Å²) in [5, 5.41) is 3.29. The van der Waals surface area contributed by atoms with Gasteiger partial charge in [0.15, 0.2) is 0 Å². The molecule has 0 unspecified atom stereocenters. The van der Waals surface area contributed by atoms with E-state index in [0.29, 0.717) is 41.9 Å². The number of aryl methyl sites for hydroxylation is 1. The van der Waals surface area contributed by atoms with Crippen molar-refractivity contribution in [2.24, 2.45) is 0 Å². The van der Waals surface area contributed by atoms with Gasteiger partial charge in [-0.1, -0.05) is 36.4 Å². The maximum Gasteiger partial charge on any atom is 0.254 e. The molecule has 7 heteroatoms. The summed E-state index contributed by atoms with van der Waals surface area (Å²) in [7, 11) is 0. The first kappa shape index (κ1) is 20.3.